The standard InChI is InChI=1S/C25H23N7O3/c1-15-14-32-23(25(33)34)19(16-2-3-17-12-27-30-20(17)10-16)11-21(24(32)28-15)29-22-5-4-18(13-26-22)31-6-8-35-9-7-31/h2-5,10-14H,6-9H2,1H3,(H,26,29)(H,27,30)(H,33,34). The summed E-state index contributed by atoms with van der Waals surface area (Å²) >= 11 is 0. The maximum Gasteiger partial charge on any atom is 0.353 e. The van der Waals surface area contributed by atoms with E-state index in [0.717, 1.165) is 35.2 Å². The number of carboxylic acid groups (broad SMARTS) is 1. The molecule has 0 saturated carbocycles. The summed E-state index contributed by atoms with van der Waals surface area (Å²) in [7, 11) is 0. The number of rotatable bonds is 5. The van der Waals surface area contributed by atoms with Crippen LogP contribution in [0, 0.1) is 6.92 Å². The van der Waals surface area contributed by atoms with Gasteiger partial charge in [0.05, 0.1) is 48.2 Å². The molecule has 3 N–H and O–H groups in total. The molecule has 5 aromatic rings. The summed E-state index contributed by atoms with van der Waals surface area (Å²) in [4.78, 5) is 23.8. The van der Waals surface area contributed by atoms with Gasteiger partial charge in [-0.3, -0.25) is 9.50 Å². The Morgan fingerprint density at radius 1 is 1.14 bits per heavy atom. The first-order valence-electron chi connectivity index (χ1n) is 11.3. The molecular weight excluding hydrogens is 446 g/mol. The highest BCUT2D eigenvalue weighted by molar-refractivity contribution is 5.99. The second-order valence-corrected chi connectivity index (χ2v) is 8.50. The molecule has 1 aliphatic rings. The van der Waals surface area contributed by atoms with E-state index in [9.17, 15) is 9.90 Å². The van der Waals surface area contributed by atoms with Gasteiger partial charge in [0.15, 0.2) is 5.65 Å². The number of nitrogens with one attached hydrogen (secondary N) is 2. The largest absolute Gasteiger partial charge is 0.477 e. The Hall–Kier alpha value is -4.44. The molecule has 35 heavy (non-hydrogen) atoms. The van der Waals surface area contributed by atoms with Crippen LogP contribution in [0.15, 0.2) is 55.0 Å². The molecule has 10 nitrogen and oxygen atoms in total. The first-order chi connectivity index (χ1) is 17.1. The molecule has 0 unspecified atom stereocenters. The van der Waals surface area contributed by atoms with Crippen LogP contribution in [0.4, 0.5) is 17.2 Å². The molecule has 176 valence electrons. The molecule has 10 heteroatoms. The molecule has 1 saturated heterocycles. The highest BCUT2D eigenvalue weighted by atomic mass is 16.5. The highest BCUT2D eigenvalue weighted by Gasteiger charge is 2.21. The van der Waals surface area contributed by atoms with Crippen LogP contribution in [0.25, 0.3) is 27.7 Å². The van der Waals surface area contributed by atoms with E-state index in [1.807, 2.05) is 49.5 Å². The summed E-state index contributed by atoms with van der Waals surface area (Å²) in [6, 6.07) is 11.5. The number of H-pyrrole nitrogens is 1. The van der Waals surface area contributed by atoms with Crippen molar-refractivity contribution in [3.63, 3.8) is 0 Å². The van der Waals surface area contributed by atoms with Crippen LogP contribution in [0.1, 0.15) is 16.2 Å². The van der Waals surface area contributed by atoms with Crippen molar-refractivity contribution < 1.29 is 14.6 Å². The molecule has 4 aromatic heterocycles. The lowest BCUT2D eigenvalue weighted by Crippen LogP contribution is -2.36. The second kappa shape index (κ2) is 8.41. The van der Waals surface area contributed by atoms with Crippen LogP contribution in [0.3, 0.4) is 0 Å². The predicted octanol–water partition coefficient (Wildman–Crippen LogP) is 3.86. The van der Waals surface area contributed by atoms with Crippen LogP contribution in [-0.4, -0.2) is 61.9 Å². The lowest BCUT2D eigenvalue weighted by Gasteiger charge is -2.28. The Bertz CT molecular complexity index is 1550. The molecule has 1 aliphatic heterocycles. The summed E-state index contributed by atoms with van der Waals surface area (Å²) in [5.74, 6) is -0.394. The fourth-order valence-electron chi connectivity index (χ4n) is 4.51. The zero-order valence-corrected chi connectivity index (χ0v) is 19.0. The van der Waals surface area contributed by atoms with E-state index < -0.39 is 5.97 Å². The number of hydrogen-bond donors (Lipinski definition) is 3. The van der Waals surface area contributed by atoms with Crippen LogP contribution < -0.4 is 10.2 Å². The number of aromatic carboxylic acids is 1. The number of pyridine rings is 2. The first-order valence-corrected chi connectivity index (χ1v) is 11.3. The molecule has 0 atom stereocenters. The normalized spacial score (nSPS) is 14.0. The number of aromatic amines is 1. The molecule has 0 aliphatic carbocycles. The number of fused-ring (bicyclic) bond motifs is 2. The number of imidazole rings is 1. The number of anilines is 3. The SMILES string of the molecule is Cc1cn2c(C(=O)O)c(-c3ccc4cn[nH]c4c3)cc(Nc3ccc(N4CCOCC4)cn3)c2n1. The third kappa shape index (κ3) is 3.83. The van der Waals surface area contributed by atoms with Crippen molar-refractivity contribution in [2.45, 2.75) is 6.92 Å². The molecule has 6 rings (SSSR count). The van der Waals surface area contributed by atoms with Gasteiger partial charge in [-0.2, -0.15) is 5.10 Å². The number of aryl methyl sites for hydroxylation is 1. The third-order valence-corrected chi connectivity index (χ3v) is 6.19. The number of ether oxygens (including phenoxy) is 1. The smallest absolute Gasteiger partial charge is 0.353 e. The van der Waals surface area contributed by atoms with Crippen molar-refractivity contribution in [3.8, 4) is 11.1 Å². The Labute approximate surface area is 200 Å². The third-order valence-electron chi connectivity index (χ3n) is 6.19. The summed E-state index contributed by atoms with van der Waals surface area (Å²) in [6.07, 6.45) is 5.30. The number of morpholine rings is 1. The van der Waals surface area contributed by atoms with Gasteiger partial charge in [-0.15, -0.1) is 0 Å². The fourth-order valence-corrected chi connectivity index (χ4v) is 4.51. The van der Waals surface area contributed by atoms with Gasteiger partial charge in [0.2, 0.25) is 0 Å². The van der Waals surface area contributed by atoms with Gasteiger partial charge in [-0.1, -0.05) is 12.1 Å². The molecule has 1 aromatic carbocycles. The summed E-state index contributed by atoms with van der Waals surface area (Å²) in [6.45, 7) is 4.93. The van der Waals surface area contributed by atoms with Gasteiger partial charge >= 0.3 is 5.97 Å². The van der Waals surface area contributed by atoms with E-state index in [2.05, 4.69) is 30.4 Å². The minimum Gasteiger partial charge on any atom is -0.477 e. The van der Waals surface area contributed by atoms with Crippen molar-refractivity contribution in [2.75, 3.05) is 36.5 Å². The minimum atomic E-state index is -1.04. The van der Waals surface area contributed by atoms with E-state index in [4.69, 9.17) is 4.74 Å². The molecule has 0 amide bonds. The zero-order chi connectivity index (χ0) is 23.9. The van der Waals surface area contributed by atoms with E-state index in [-0.39, 0.29) is 5.69 Å². The van der Waals surface area contributed by atoms with Crippen molar-refractivity contribution in [1.82, 2.24) is 24.6 Å². The average Bonchev–Trinajstić information content (AvgIpc) is 3.50. The van der Waals surface area contributed by atoms with Crippen LogP contribution >= 0.6 is 0 Å². The van der Waals surface area contributed by atoms with Gasteiger partial charge in [0.1, 0.15) is 11.5 Å². The van der Waals surface area contributed by atoms with Crippen molar-refractivity contribution in [1.29, 1.82) is 0 Å². The Morgan fingerprint density at radius 3 is 2.77 bits per heavy atom. The Morgan fingerprint density at radius 2 is 2.00 bits per heavy atom. The van der Waals surface area contributed by atoms with Gasteiger partial charge < -0.3 is 20.1 Å². The lowest BCUT2D eigenvalue weighted by molar-refractivity contribution is 0.0690. The second-order valence-electron chi connectivity index (χ2n) is 8.50. The minimum absolute atomic E-state index is 0.139. The van der Waals surface area contributed by atoms with Crippen molar-refractivity contribution in [3.05, 3.63) is 66.4 Å². The molecular formula is C25H23N7O3. The van der Waals surface area contributed by atoms with Gasteiger partial charge in [0.25, 0.3) is 0 Å². The number of nitrogens with zero attached hydrogens (tertiary/aromatic N) is 5. The maximum absolute atomic E-state index is 12.4. The van der Waals surface area contributed by atoms with E-state index in [1.165, 1.54) is 0 Å². The topological polar surface area (TPSA) is 121 Å². The lowest BCUT2D eigenvalue weighted by atomic mass is 10.0. The number of benzene rings is 1. The van der Waals surface area contributed by atoms with Gasteiger partial charge in [-0.25, -0.2) is 14.8 Å². The van der Waals surface area contributed by atoms with E-state index in [1.54, 1.807) is 16.8 Å². The summed E-state index contributed by atoms with van der Waals surface area (Å²) < 4.78 is 7.05. The van der Waals surface area contributed by atoms with Gasteiger partial charge in [-0.05, 0) is 36.8 Å². The predicted molar refractivity (Wildman–Crippen MR) is 133 cm³/mol. The summed E-state index contributed by atoms with van der Waals surface area (Å²) in [5.41, 5.74) is 5.22. The number of carboxylic acids is 1. The first kappa shape index (κ1) is 21.1. The molecule has 5 heterocycles. The molecule has 0 spiro atoms. The summed E-state index contributed by atoms with van der Waals surface area (Å²) in [5, 5.41) is 21.5. The van der Waals surface area contributed by atoms with Crippen molar-refractivity contribution in [2.24, 2.45) is 0 Å². The quantitative estimate of drug-likeness (QED) is 0.355. The number of carbonyl (C=O) groups is 1. The van der Waals surface area contributed by atoms with E-state index >= 15 is 0 Å². The zero-order valence-electron chi connectivity index (χ0n) is 19.0. The average molecular weight is 470 g/mol. The highest BCUT2D eigenvalue weighted by Crippen LogP contribution is 2.33. The van der Waals surface area contributed by atoms with Crippen LogP contribution in [0.5, 0.6) is 0 Å². The molecule has 1 fully saturated rings. The monoisotopic (exact) mass is 469 g/mol. The number of hydrogen-bond acceptors (Lipinski definition) is 7. The Balaban J connectivity index is 1.44. The molecule has 0 radical (unpaired) electrons. The van der Waals surface area contributed by atoms with Crippen LogP contribution in [0.2, 0.25) is 0 Å². The number of aromatic nitrogens is 5. The van der Waals surface area contributed by atoms with E-state index in [0.29, 0.717) is 41.6 Å². The Kier molecular flexibility index (Phi) is 5.07. The van der Waals surface area contributed by atoms with Crippen LogP contribution in [-0.2, 0) is 4.74 Å². The van der Waals surface area contributed by atoms with Gasteiger partial charge in [0, 0.05) is 30.2 Å². The fraction of sp³-hybridized carbons (Fsp3) is 0.200. The maximum atomic E-state index is 12.4. The van der Waals surface area contributed by atoms with Crippen molar-refractivity contribution >= 4 is 39.7 Å². The molecule has 0 bridgehead atoms.